The first-order chi connectivity index (χ1) is 14.7. The highest BCUT2D eigenvalue weighted by atomic mass is 16.5. The normalized spacial score (nSPS) is 47.8. The third kappa shape index (κ3) is 4.09. The summed E-state index contributed by atoms with van der Waals surface area (Å²) in [7, 11) is 0. The predicted molar refractivity (Wildman–Crippen MR) is 123 cm³/mol. The zero-order chi connectivity index (χ0) is 22.4. The second kappa shape index (κ2) is 8.97. The smallest absolute Gasteiger partial charge is 0.303 e. The van der Waals surface area contributed by atoms with Crippen molar-refractivity contribution in [2.24, 2.45) is 46.3 Å². The predicted octanol–water partition coefficient (Wildman–Crippen LogP) is 5.91. The van der Waals surface area contributed by atoms with Crippen molar-refractivity contribution in [3.05, 3.63) is 0 Å². The van der Waals surface area contributed by atoms with Crippen molar-refractivity contribution in [1.82, 2.24) is 0 Å². The van der Waals surface area contributed by atoms with Crippen LogP contribution in [0.3, 0.4) is 0 Å². The van der Waals surface area contributed by atoms with Gasteiger partial charge in [0, 0.05) is 13.0 Å². The first kappa shape index (κ1) is 23.5. The highest BCUT2D eigenvalue weighted by Crippen LogP contribution is 2.68. The zero-order valence-corrected chi connectivity index (χ0v) is 20.3. The lowest BCUT2D eigenvalue weighted by molar-refractivity contribution is -0.178. The molecular weight excluding hydrogens is 388 g/mol. The topological polar surface area (TPSA) is 66.8 Å². The van der Waals surface area contributed by atoms with Gasteiger partial charge in [-0.3, -0.25) is 4.79 Å². The summed E-state index contributed by atoms with van der Waals surface area (Å²) in [6.45, 7) is 10.4. The van der Waals surface area contributed by atoms with Gasteiger partial charge in [-0.2, -0.15) is 0 Å². The maximum absolute atomic E-state index is 11.5. The van der Waals surface area contributed by atoms with Crippen LogP contribution in [0.25, 0.3) is 0 Å². The van der Waals surface area contributed by atoms with E-state index < -0.39 is 5.97 Å². The molecule has 4 heteroatoms. The van der Waals surface area contributed by atoms with Crippen LogP contribution >= 0.6 is 0 Å². The minimum Gasteiger partial charge on any atom is -0.481 e. The van der Waals surface area contributed by atoms with E-state index in [1.54, 1.807) is 0 Å². The second-order valence-corrected chi connectivity index (χ2v) is 12.2. The zero-order valence-electron chi connectivity index (χ0n) is 20.3. The average Bonchev–Trinajstić information content (AvgIpc) is 3.08. The summed E-state index contributed by atoms with van der Waals surface area (Å²) >= 11 is 0. The Morgan fingerprint density at radius 1 is 1.06 bits per heavy atom. The summed E-state index contributed by atoms with van der Waals surface area (Å²) in [6.07, 6.45) is 11.8. The molecule has 8 unspecified atom stereocenters. The van der Waals surface area contributed by atoms with E-state index in [2.05, 4.69) is 27.7 Å². The highest BCUT2D eigenvalue weighted by Gasteiger charge is 2.62. The maximum Gasteiger partial charge on any atom is 0.303 e. The summed E-state index contributed by atoms with van der Waals surface area (Å²) in [5.74, 6) is 2.66. The van der Waals surface area contributed by atoms with Crippen LogP contribution in [-0.2, 0) is 9.53 Å². The molecule has 4 fully saturated rings. The third-order valence-corrected chi connectivity index (χ3v) is 10.8. The van der Waals surface area contributed by atoms with Gasteiger partial charge >= 0.3 is 5.97 Å². The van der Waals surface area contributed by atoms with E-state index in [4.69, 9.17) is 9.84 Å². The lowest BCUT2D eigenvalue weighted by atomic mass is 9.43. The summed E-state index contributed by atoms with van der Waals surface area (Å²) < 4.78 is 6.14. The van der Waals surface area contributed by atoms with Gasteiger partial charge in [0.1, 0.15) is 0 Å². The van der Waals surface area contributed by atoms with Gasteiger partial charge in [0.05, 0.1) is 12.2 Å². The van der Waals surface area contributed by atoms with Gasteiger partial charge in [-0.25, -0.2) is 0 Å². The van der Waals surface area contributed by atoms with Gasteiger partial charge in [-0.1, -0.05) is 27.7 Å². The lowest BCUT2D eigenvalue weighted by Crippen LogP contribution is -2.58. The Bertz CT molecular complexity index is 649. The van der Waals surface area contributed by atoms with Crippen LogP contribution in [0.2, 0.25) is 0 Å². The molecule has 0 aromatic heterocycles. The Labute approximate surface area is 189 Å². The van der Waals surface area contributed by atoms with Crippen LogP contribution in [0.15, 0.2) is 0 Å². The molecule has 0 amide bonds. The average molecular weight is 435 g/mol. The molecule has 2 N–H and O–H groups in total. The van der Waals surface area contributed by atoms with Crippen molar-refractivity contribution >= 4 is 5.97 Å². The molecule has 0 aromatic carbocycles. The van der Waals surface area contributed by atoms with Gasteiger partial charge in [0.2, 0.25) is 0 Å². The molecule has 31 heavy (non-hydrogen) atoms. The highest BCUT2D eigenvalue weighted by molar-refractivity contribution is 5.66. The molecule has 0 aromatic rings. The molecule has 178 valence electrons. The fourth-order valence-corrected chi connectivity index (χ4v) is 9.15. The first-order valence-electron chi connectivity index (χ1n) is 13.2. The molecule has 0 bridgehead atoms. The maximum atomic E-state index is 11.5. The van der Waals surface area contributed by atoms with E-state index in [0.717, 1.165) is 32.3 Å². The Morgan fingerprint density at radius 2 is 1.77 bits per heavy atom. The number of hydrogen-bond acceptors (Lipinski definition) is 3. The molecule has 4 saturated carbocycles. The van der Waals surface area contributed by atoms with E-state index in [9.17, 15) is 9.90 Å². The Morgan fingerprint density at radius 3 is 2.48 bits per heavy atom. The fourth-order valence-electron chi connectivity index (χ4n) is 9.15. The van der Waals surface area contributed by atoms with E-state index in [1.165, 1.54) is 38.5 Å². The SMILES string of the molecule is CCCO[C@@H]1CCC2(C)C(CC(O)C3C2CCC2(C)C3CCC2[C@H](C)CCC(=O)O)C1. The van der Waals surface area contributed by atoms with Crippen molar-refractivity contribution in [2.75, 3.05) is 6.61 Å². The van der Waals surface area contributed by atoms with Crippen LogP contribution in [0.5, 0.6) is 0 Å². The molecule has 0 aliphatic heterocycles. The van der Waals surface area contributed by atoms with E-state index >= 15 is 0 Å². The second-order valence-electron chi connectivity index (χ2n) is 12.2. The molecular formula is C27H46O4. The largest absolute Gasteiger partial charge is 0.481 e. The van der Waals surface area contributed by atoms with Gasteiger partial charge < -0.3 is 14.9 Å². The quantitative estimate of drug-likeness (QED) is 0.522. The number of carbonyl (C=O) groups is 1. The van der Waals surface area contributed by atoms with E-state index in [-0.39, 0.29) is 17.9 Å². The minimum absolute atomic E-state index is 0.175. The molecule has 4 aliphatic carbocycles. The van der Waals surface area contributed by atoms with Crippen LogP contribution in [0.4, 0.5) is 0 Å². The number of aliphatic carboxylic acids is 1. The summed E-state index contributed by atoms with van der Waals surface area (Å²) in [5, 5.41) is 20.6. The summed E-state index contributed by atoms with van der Waals surface area (Å²) in [5.41, 5.74) is 0.620. The lowest BCUT2D eigenvalue weighted by Gasteiger charge is -2.62. The van der Waals surface area contributed by atoms with E-state index in [1.807, 2.05) is 0 Å². The number of fused-ring (bicyclic) bond motifs is 5. The first-order valence-corrected chi connectivity index (χ1v) is 13.2. The standard InChI is InChI=1S/C27H46O4/c1-5-14-31-19-10-12-26(3)18(15-19)16-23(28)25-21-8-7-20(17(2)6-9-24(29)30)27(21,4)13-11-22(25)26/h17-23,25,28H,5-16H2,1-4H3,(H,29,30)/t17-,18?,19-,20?,21?,22?,23?,25?,26?,27?/m1/s1. The van der Waals surface area contributed by atoms with Crippen LogP contribution in [0.1, 0.15) is 98.3 Å². The molecule has 4 rings (SSSR count). The van der Waals surface area contributed by atoms with Gasteiger partial charge in [-0.15, -0.1) is 0 Å². The van der Waals surface area contributed by atoms with Crippen LogP contribution in [0, 0.1) is 46.3 Å². The molecule has 4 nitrogen and oxygen atoms in total. The Hall–Kier alpha value is -0.610. The summed E-state index contributed by atoms with van der Waals surface area (Å²) in [6, 6.07) is 0. The van der Waals surface area contributed by atoms with Crippen molar-refractivity contribution in [1.29, 1.82) is 0 Å². The minimum atomic E-state index is -0.671. The number of carboxylic acids is 1. The van der Waals surface area contributed by atoms with Crippen molar-refractivity contribution in [3.63, 3.8) is 0 Å². The fraction of sp³-hybridized carbons (Fsp3) is 0.963. The Kier molecular flexibility index (Phi) is 6.81. The van der Waals surface area contributed by atoms with Gasteiger partial charge in [0.15, 0.2) is 0 Å². The van der Waals surface area contributed by atoms with E-state index in [0.29, 0.717) is 47.0 Å². The monoisotopic (exact) mass is 434 g/mol. The van der Waals surface area contributed by atoms with Gasteiger partial charge in [-0.05, 0) is 111 Å². The Balaban J connectivity index is 1.50. The number of aliphatic hydroxyl groups is 1. The number of rotatable bonds is 7. The molecule has 0 saturated heterocycles. The summed E-state index contributed by atoms with van der Waals surface area (Å²) in [4.78, 5) is 11.1. The molecule has 4 aliphatic rings. The van der Waals surface area contributed by atoms with Crippen molar-refractivity contribution < 1.29 is 19.7 Å². The molecule has 0 radical (unpaired) electrons. The number of ether oxygens (including phenoxy) is 1. The number of carboxylic acid groups (broad SMARTS) is 1. The van der Waals surface area contributed by atoms with Crippen molar-refractivity contribution in [3.8, 4) is 0 Å². The number of aliphatic hydroxyl groups excluding tert-OH is 1. The number of hydrogen-bond donors (Lipinski definition) is 2. The van der Waals surface area contributed by atoms with Gasteiger partial charge in [0.25, 0.3) is 0 Å². The van der Waals surface area contributed by atoms with Crippen LogP contribution < -0.4 is 0 Å². The van der Waals surface area contributed by atoms with Crippen LogP contribution in [-0.4, -0.2) is 35.0 Å². The molecule has 10 atom stereocenters. The molecule has 0 spiro atoms. The van der Waals surface area contributed by atoms with Crippen molar-refractivity contribution in [2.45, 2.75) is 111 Å². The third-order valence-electron chi connectivity index (χ3n) is 10.8. The molecule has 0 heterocycles.